The van der Waals surface area contributed by atoms with Crippen molar-refractivity contribution in [1.82, 2.24) is 19.6 Å². The normalized spacial score (nSPS) is 21.9. The van der Waals surface area contributed by atoms with Gasteiger partial charge in [0.05, 0.1) is 40.5 Å². The topological polar surface area (TPSA) is 111 Å². The first-order chi connectivity index (χ1) is 19.9. The highest BCUT2D eigenvalue weighted by atomic mass is 19.1. The van der Waals surface area contributed by atoms with Crippen molar-refractivity contribution >= 4 is 17.2 Å². The molecule has 0 saturated heterocycles. The Morgan fingerprint density at radius 3 is 2.46 bits per heavy atom. The first-order valence-corrected chi connectivity index (χ1v) is 14.2. The van der Waals surface area contributed by atoms with Crippen LogP contribution in [0.5, 0.6) is 0 Å². The number of aliphatic hydroxyl groups is 1. The second-order valence-electron chi connectivity index (χ2n) is 11.2. The number of halogens is 2. The van der Waals surface area contributed by atoms with Crippen molar-refractivity contribution in [3.05, 3.63) is 71.7 Å². The van der Waals surface area contributed by atoms with Crippen LogP contribution in [-0.4, -0.2) is 45.0 Å². The number of methoxy groups -OCH3 is 1. The van der Waals surface area contributed by atoms with Crippen LogP contribution in [-0.2, 0) is 10.3 Å². The van der Waals surface area contributed by atoms with Crippen molar-refractivity contribution in [1.29, 1.82) is 0 Å². The molecule has 0 bridgehead atoms. The number of aliphatic hydroxyl groups excluding tert-OH is 1. The Bertz CT molecular complexity index is 1470. The number of nitrogens with zero attached hydrogens (tertiary/aromatic N) is 4. The number of anilines is 2. The number of nitrogens with two attached hydrogens (primary N) is 1. The molecule has 2 aliphatic carbocycles. The van der Waals surface area contributed by atoms with E-state index in [1.54, 1.807) is 42.3 Å². The molecule has 8 nitrogen and oxygen atoms in total. The summed E-state index contributed by atoms with van der Waals surface area (Å²) >= 11 is 0. The minimum absolute atomic E-state index is 0.167. The number of benzene rings is 1. The summed E-state index contributed by atoms with van der Waals surface area (Å²) in [5.74, 6) is -0.0315. The van der Waals surface area contributed by atoms with Crippen molar-refractivity contribution in [2.24, 2.45) is 11.7 Å². The van der Waals surface area contributed by atoms with E-state index in [-0.39, 0.29) is 17.3 Å². The Kier molecular flexibility index (Phi) is 8.63. The molecule has 218 valence electrons. The van der Waals surface area contributed by atoms with Crippen molar-refractivity contribution < 1.29 is 18.6 Å². The summed E-state index contributed by atoms with van der Waals surface area (Å²) in [6.45, 7) is 2.24. The molecule has 3 heterocycles. The van der Waals surface area contributed by atoms with Gasteiger partial charge in [-0.3, -0.25) is 4.98 Å². The predicted octanol–water partition coefficient (Wildman–Crippen LogP) is 6.07. The van der Waals surface area contributed by atoms with Crippen LogP contribution in [0.2, 0.25) is 0 Å². The maximum Gasteiger partial charge on any atom is 0.229 e. The molecule has 6 rings (SSSR count). The first kappa shape index (κ1) is 29.0. The monoisotopic (exact) mass is 564 g/mol. The Hall–Kier alpha value is -3.47. The first-order valence-electron chi connectivity index (χ1n) is 14.2. The number of ether oxygens (including phenoxy) is 1. The average molecular weight is 565 g/mol. The van der Waals surface area contributed by atoms with Gasteiger partial charge >= 0.3 is 0 Å². The summed E-state index contributed by atoms with van der Waals surface area (Å²) in [5.41, 5.74) is 8.90. The number of hydrogen-bond acceptors (Lipinski definition) is 7. The van der Waals surface area contributed by atoms with E-state index in [0.717, 1.165) is 63.3 Å². The van der Waals surface area contributed by atoms with E-state index in [0.29, 0.717) is 28.9 Å². The quantitative estimate of drug-likeness (QED) is 0.261. The molecule has 2 saturated carbocycles. The lowest BCUT2D eigenvalue weighted by Crippen LogP contribution is -2.31. The van der Waals surface area contributed by atoms with Gasteiger partial charge < -0.3 is 20.9 Å². The Labute approximate surface area is 239 Å². The van der Waals surface area contributed by atoms with E-state index < -0.39 is 17.2 Å². The summed E-state index contributed by atoms with van der Waals surface area (Å²) in [5, 5.41) is 15.0. The van der Waals surface area contributed by atoms with Gasteiger partial charge in [0.15, 0.2) is 0 Å². The number of aromatic nitrogens is 4. The fourth-order valence-corrected chi connectivity index (χ4v) is 6.64. The van der Waals surface area contributed by atoms with Crippen LogP contribution >= 0.6 is 0 Å². The fourth-order valence-electron chi connectivity index (χ4n) is 6.64. The molecule has 2 aliphatic rings. The highest BCUT2D eigenvalue weighted by molar-refractivity contribution is 5.66. The molecule has 0 radical (unpaired) electrons. The number of fused-ring (bicyclic) bond motifs is 1. The third-order valence-electron chi connectivity index (χ3n) is 8.53. The van der Waals surface area contributed by atoms with Crippen LogP contribution < -0.4 is 11.1 Å². The van der Waals surface area contributed by atoms with Gasteiger partial charge in [0.2, 0.25) is 5.95 Å². The van der Waals surface area contributed by atoms with Crippen molar-refractivity contribution in [2.45, 2.75) is 69.4 Å². The van der Waals surface area contributed by atoms with E-state index >= 15 is 8.78 Å². The number of nitrogens with one attached hydrogen (secondary N) is 1. The maximum atomic E-state index is 15.5. The highest BCUT2D eigenvalue weighted by Crippen LogP contribution is 2.43. The Morgan fingerprint density at radius 2 is 1.78 bits per heavy atom. The molecule has 3 unspecified atom stereocenters. The summed E-state index contributed by atoms with van der Waals surface area (Å²) < 4.78 is 38.2. The highest BCUT2D eigenvalue weighted by Gasteiger charge is 2.37. The van der Waals surface area contributed by atoms with Crippen LogP contribution in [0.4, 0.5) is 20.4 Å². The van der Waals surface area contributed by atoms with Crippen LogP contribution in [0.15, 0.2) is 48.9 Å². The minimum Gasteiger partial charge on any atom is -0.400 e. The van der Waals surface area contributed by atoms with Gasteiger partial charge in [-0.15, -0.1) is 0 Å². The summed E-state index contributed by atoms with van der Waals surface area (Å²) in [7, 11) is 2.61. The molecule has 3 atom stereocenters. The fraction of sp³-hybridized carbons (Fsp3) is 0.452. The molecule has 0 amide bonds. The zero-order chi connectivity index (χ0) is 29.1. The third kappa shape index (κ3) is 5.68. The largest absolute Gasteiger partial charge is 0.400 e. The van der Waals surface area contributed by atoms with Crippen molar-refractivity contribution in [3.8, 4) is 11.3 Å². The van der Waals surface area contributed by atoms with Gasteiger partial charge in [-0.1, -0.05) is 19.8 Å². The second-order valence-corrected chi connectivity index (χ2v) is 11.2. The third-order valence-corrected chi connectivity index (χ3v) is 8.53. The molecular formula is C31H38F2N6O2. The van der Waals surface area contributed by atoms with E-state index in [4.69, 9.17) is 15.6 Å². The second kappa shape index (κ2) is 12.2. The van der Waals surface area contributed by atoms with Crippen LogP contribution in [0.1, 0.15) is 68.9 Å². The zero-order valence-electron chi connectivity index (χ0n) is 23.8. The van der Waals surface area contributed by atoms with Crippen molar-refractivity contribution in [3.63, 3.8) is 0 Å². The molecule has 1 aromatic carbocycles. The number of rotatable bonds is 6. The van der Waals surface area contributed by atoms with Gasteiger partial charge in [-0.2, -0.15) is 9.61 Å². The standard InChI is InChI=1S/C30H34F2N6O.CH4O/c1-18-11-19(13-21(33)12-18)23-7-10-34-17-27(23)36-29-35-16-22-5-6-26(37-38(22)29)28-24(31)14-20(15-25(28)32)30(39-2)8-3-4-9-30;1-2/h5-7,10,14-19,21H,3-4,8-9,11-13,33H2,1-2H3,(H,35,36);2H,1H3. The molecule has 4 aromatic rings. The number of imidazole rings is 1. The maximum absolute atomic E-state index is 15.5. The zero-order valence-corrected chi connectivity index (χ0v) is 23.8. The number of pyridine rings is 1. The molecule has 0 spiro atoms. The Morgan fingerprint density at radius 1 is 1.05 bits per heavy atom. The van der Waals surface area contributed by atoms with Gasteiger partial charge in [-0.05, 0) is 85.4 Å². The Balaban J connectivity index is 0.00000165. The van der Waals surface area contributed by atoms with Crippen LogP contribution in [0, 0.1) is 17.6 Å². The molecule has 0 aliphatic heterocycles. The average Bonchev–Trinajstić information content (AvgIpc) is 3.62. The van der Waals surface area contributed by atoms with E-state index in [1.165, 1.54) is 12.1 Å². The molecule has 41 heavy (non-hydrogen) atoms. The SMILES string of the molecule is CO.COC1(c2cc(F)c(-c3ccc4cnc(Nc5cnccc5C5CC(C)CC(N)C5)n4n3)c(F)c2)CCCC1. The lowest BCUT2D eigenvalue weighted by molar-refractivity contribution is -0.00914. The number of hydrogen-bond donors (Lipinski definition) is 3. The van der Waals surface area contributed by atoms with Gasteiger partial charge in [-0.25, -0.2) is 13.8 Å². The van der Waals surface area contributed by atoms with E-state index in [9.17, 15) is 0 Å². The summed E-state index contributed by atoms with van der Waals surface area (Å²) in [4.78, 5) is 8.83. The molecule has 2 fully saturated rings. The predicted molar refractivity (Wildman–Crippen MR) is 155 cm³/mol. The molecule has 3 aromatic heterocycles. The lowest BCUT2D eigenvalue weighted by Gasteiger charge is -2.32. The lowest BCUT2D eigenvalue weighted by atomic mass is 9.76. The molecular weight excluding hydrogens is 526 g/mol. The van der Waals surface area contributed by atoms with E-state index in [2.05, 4.69) is 27.3 Å². The van der Waals surface area contributed by atoms with Crippen molar-refractivity contribution in [2.75, 3.05) is 19.5 Å². The smallest absolute Gasteiger partial charge is 0.229 e. The molecule has 10 heteroatoms. The van der Waals surface area contributed by atoms with Gasteiger partial charge in [0.25, 0.3) is 0 Å². The summed E-state index contributed by atoms with van der Waals surface area (Å²) in [6.07, 6.45) is 11.7. The van der Waals surface area contributed by atoms with Gasteiger partial charge in [0, 0.05) is 26.5 Å². The summed E-state index contributed by atoms with van der Waals surface area (Å²) in [6, 6.07) is 8.35. The van der Waals surface area contributed by atoms with E-state index in [1.807, 2.05) is 6.07 Å². The van der Waals surface area contributed by atoms with Crippen LogP contribution in [0.25, 0.3) is 16.8 Å². The molecule has 4 N–H and O–H groups in total. The van der Waals surface area contributed by atoms with Crippen LogP contribution in [0.3, 0.4) is 0 Å². The van der Waals surface area contributed by atoms with Gasteiger partial charge in [0.1, 0.15) is 11.6 Å². The minimum atomic E-state index is -0.660.